The zero-order valence-electron chi connectivity index (χ0n) is 11.4. The Hall–Kier alpha value is -0.870. The Morgan fingerprint density at radius 3 is 2.28 bits per heavy atom. The molecule has 0 amide bonds. The quantitative estimate of drug-likeness (QED) is 0.339. The maximum absolute atomic E-state index is 11.5. The van der Waals surface area contributed by atoms with Crippen LogP contribution in [0.15, 0.2) is 11.6 Å². The maximum Gasteiger partial charge on any atom is 0.333 e. The smallest absolute Gasteiger partial charge is 0.333 e. The largest absolute Gasteiger partial charge is 0.462 e. The molecule has 18 heavy (non-hydrogen) atoms. The number of unbranched alkanes of at least 4 members (excludes halogenated alkanes) is 5. The molecule has 0 bridgehead atoms. The minimum absolute atomic E-state index is 0.139. The standard InChI is InChI=1S/C14H26O4/c1-13(9-5-3-2-4-6-10-15)14(17)18-12-8-7-11-16/h9,15-16H,2-8,10-12H2,1H3. The second-order valence-electron chi connectivity index (χ2n) is 4.38. The van der Waals surface area contributed by atoms with Gasteiger partial charge in [-0.2, -0.15) is 0 Å². The molecular formula is C14H26O4. The fourth-order valence-corrected chi connectivity index (χ4v) is 1.50. The lowest BCUT2D eigenvalue weighted by Crippen LogP contribution is -2.07. The van der Waals surface area contributed by atoms with Gasteiger partial charge in [0.05, 0.1) is 6.61 Å². The van der Waals surface area contributed by atoms with Crippen molar-refractivity contribution in [3.8, 4) is 0 Å². The van der Waals surface area contributed by atoms with Gasteiger partial charge in [-0.25, -0.2) is 4.79 Å². The first-order valence-electron chi connectivity index (χ1n) is 6.78. The molecule has 0 heterocycles. The summed E-state index contributed by atoms with van der Waals surface area (Å²) in [6.07, 6.45) is 8.17. The van der Waals surface area contributed by atoms with Gasteiger partial charge in [0.25, 0.3) is 0 Å². The number of carbonyl (C=O) groups is 1. The van der Waals surface area contributed by atoms with Crippen LogP contribution in [0.1, 0.15) is 51.9 Å². The van der Waals surface area contributed by atoms with Gasteiger partial charge in [0, 0.05) is 18.8 Å². The third kappa shape index (κ3) is 10.3. The SMILES string of the molecule is CC(=CCCCCCCO)C(=O)OCCCCO. The highest BCUT2D eigenvalue weighted by Crippen LogP contribution is 2.06. The predicted molar refractivity (Wildman–Crippen MR) is 71.2 cm³/mol. The second-order valence-corrected chi connectivity index (χ2v) is 4.38. The lowest BCUT2D eigenvalue weighted by molar-refractivity contribution is -0.139. The number of ether oxygens (including phenoxy) is 1. The van der Waals surface area contributed by atoms with Crippen molar-refractivity contribution >= 4 is 5.97 Å². The first-order chi connectivity index (χ1) is 8.72. The van der Waals surface area contributed by atoms with Crippen LogP contribution in [0.2, 0.25) is 0 Å². The average Bonchev–Trinajstić information content (AvgIpc) is 2.38. The van der Waals surface area contributed by atoms with Crippen LogP contribution in [0, 0.1) is 0 Å². The van der Waals surface area contributed by atoms with Crippen molar-refractivity contribution in [3.63, 3.8) is 0 Å². The number of aliphatic hydroxyl groups excluding tert-OH is 2. The Kier molecular flexibility index (Phi) is 12.0. The van der Waals surface area contributed by atoms with Crippen LogP contribution < -0.4 is 0 Å². The summed E-state index contributed by atoms with van der Waals surface area (Å²) in [6.45, 7) is 2.54. The predicted octanol–water partition coefficient (Wildman–Crippen LogP) is 2.19. The summed E-state index contributed by atoms with van der Waals surface area (Å²) in [5, 5.41) is 17.2. The van der Waals surface area contributed by atoms with E-state index in [4.69, 9.17) is 14.9 Å². The van der Waals surface area contributed by atoms with Crippen LogP contribution in [-0.2, 0) is 9.53 Å². The molecule has 4 nitrogen and oxygen atoms in total. The van der Waals surface area contributed by atoms with Crippen molar-refractivity contribution in [2.24, 2.45) is 0 Å². The molecular weight excluding hydrogens is 232 g/mol. The topological polar surface area (TPSA) is 66.8 Å². The van der Waals surface area contributed by atoms with E-state index < -0.39 is 0 Å². The zero-order valence-corrected chi connectivity index (χ0v) is 11.4. The van der Waals surface area contributed by atoms with Gasteiger partial charge in [-0.3, -0.25) is 0 Å². The molecule has 0 saturated heterocycles. The zero-order chi connectivity index (χ0) is 13.6. The third-order valence-corrected chi connectivity index (χ3v) is 2.67. The molecule has 0 aliphatic rings. The van der Waals surface area contributed by atoms with Gasteiger partial charge in [0.2, 0.25) is 0 Å². The summed E-state index contributed by atoms with van der Waals surface area (Å²) in [6, 6.07) is 0. The number of esters is 1. The van der Waals surface area contributed by atoms with E-state index in [0.29, 0.717) is 25.0 Å². The lowest BCUT2D eigenvalue weighted by atomic mass is 10.1. The van der Waals surface area contributed by atoms with Crippen molar-refractivity contribution < 1.29 is 19.7 Å². The van der Waals surface area contributed by atoms with E-state index in [1.54, 1.807) is 6.92 Å². The molecule has 0 saturated carbocycles. The van der Waals surface area contributed by atoms with E-state index in [1.165, 1.54) is 0 Å². The van der Waals surface area contributed by atoms with Crippen LogP contribution >= 0.6 is 0 Å². The lowest BCUT2D eigenvalue weighted by Gasteiger charge is -2.04. The fraction of sp³-hybridized carbons (Fsp3) is 0.786. The summed E-state index contributed by atoms with van der Waals surface area (Å²) in [7, 11) is 0. The Bertz CT molecular complexity index is 236. The highest BCUT2D eigenvalue weighted by Gasteiger charge is 2.04. The molecule has 4 heteroatoms. The Morgan fingerprint density at radius 2 is 1.61 bits per heavy atom. The van der Waals surface area contributed by atoms with Gasteiger partial charge >= 0.3 is 5.97 Å². The minimum atomic E-state index is -0.261. The van der Waals surface area contributed by atoms with Gasteiger partial charge < -0.3 is 14.9 Å². The number of hydrogen-bond acceptors (Lipinski definition) is 4. The van der Waals surface area contributed by atoms with Crippen molar-refractivity contribution in [3.05, 3.63) is 11.6 Å². The number of rotatable bonds is 11. The van der Waals surface area contributed by atoms with Gasteiger partial charge in [0.15, 0.2) is 0 Å². The molecule has 0 aliphatic carbocycles. The minimum Gasteiger partial charge on any atom is -0.462 e. The summed E-state index contributed by atoms with van der Waals surface area (Å²) in [4.78, 5) is 11.5. The number of aliphatic hydroxyl groups is 2. The van der Waals surface area contributed by atoms with E-state index in [0.717, 1.165) is 32.1 Å². The monoisotopic (exact) mass is 258 g/mol. The number of allylic oxidation sites excluding steroid dienone is 1. The molecule has 0 aromatic rings. The Balaban J connectivity index is 3.57. The first kappa shape index (κ1) is 17.1. The summed E-state index contributed by atoms with van der Waals surface area (Å²) in [5.74, 6) is -0.261. The number of hydrogen-bond donors (Lipinski definition) is 2. The molecule has 0 atom stereocenters. The average molecular weight is 258 g/mol. The van der Waals surface area contributed by atoms with Crippen LogP contribution in [0.25, 0.3) is 0 Å². The molecule has 0 aromatic carbocycles. The van der Waals surface area contributed by atoms with Crippen molar-refractivity contribution in [1.82, 2.24) is 0 Å². The molecule has 0 aliphatic heterocycles. The van der Waals surface area contributed by atoms with E-state index in [2.05, 4.69) is 0 Å². The van der Waals surface area contributed by atoms with E-state index in [9.17, 15) is 4.79 Å². The molecule has 0 aromatic heterocycles. The second kappa shape index (κ2) is 12.6. The molecule has 0 rings (SSSR count). The summed E-state index contributed by atoms with van der Waals surface area (Å²) < 4.78 is 5.05. The Morgan fingerprint density at radius 1 is 1.00 bits per heavy atom. The van der Waals surface area contributed by atoms with Crippen LogP contribution in [0.3, 0.4) is 0 Å². The molecule has 0 radical (unpaired) electrons. The molecule has 0 fully saturated rings. The van der Waals surface area contributed by atoms with E-state index in [1.807, 2.05) is 6.08 Å². The molecule has 0 unspecified atom stereocenters. The highest BCUT2D eigenvalue weighted by atomic mass is 16.5. The van der Waals surface area contributed by atoms with E-state index >= 15 is 0 Å². The van der Waals surface area contributed by atoms with Gasteiger partial charge in [-0.1, -0.05) is 18.9 Å². The summed E-state index contributed by atoms with van der Waals surface area (Å²) in [5.41, 5.74) is 0.654. The normalized spacial score (nSPS) is 11.6. The fourth-order valence-electron chi connectivity index (χ4n) is 1.50. The van der Waals surface area contributed by atoms with Crippen LogP contribution in [-0.4, -0.2) is 36.0 Å². The van der Waals surface area contributed by atoms with Gasteiger partial charge in [-0.15, -0.1) is 0 Å². The van der Waals surface area contributed by atoms with Gasteiger partial charge in [-0.05, 0) is 39.0 Å². The van der Waals surface area contributed by atoms with Crippen molar-refractivity contribution in [2.75, 3.05) is 19.8 Å². The molecule has 2 N–H and O–H groups in total. The maximum atomic E-state index is 11.5. The summed E-state index contributed by atoms with van der Waals surface area (Å²) >= 11 is 0. The van der Waals surface area contributed by atoms with E-state index in [-0.39, 0.29) is 19.2 Å². The van der Waals surface area contributed by atoms with Crippen LogP contribution in [0.5, 0.6) is 0 Å². The number of carbonyl (C=O) groups excluding carboxylic acids is 1. The van der Waals surface area contributed by atoms with Gasteiger partial charge in [0.1, 0.15) is 0 Å². The Labute approximate surface area is 110 Å². The molecule has 106 valence electrons. The highest BCUT2D eigenvalue weighted by molar-refractivity contribution is 5.87. The first-order valence-corrected chi connectivity index (χ1v) is 6.78. The van der Waals surface area contributed by atoms with Crippen molar-refractivity contribution in [2.45, 2.75) is 51.9 Å². The van der Waals surface area contributed by atoms with Crippen LogP contribution in [0.4, 0.5) is 0 Å². The van der Waals surface area contributed by atoms with Crippen molar-refractivity contribution in [1.29, 1.82) is 0 Å². The molecule has 0 spiro atoms. The third-order valence-electron chi connectivity index (χ3n) is 2.67.